The van der Waals surface area contributed by atoms with Gasteiger partial charge in [0.25, 0.3) is 0 Å². The Morgan fingerprint density at radius 3 is 2.56 bits per heavy atom. The van der Waals surface area contributed by atoms with E-state index in [0.29, 0.717) is 31.0 Å². The smallest absolute Gasteiger partial charge is 0.325 e. The van der Waals surface area contributed by atoms with Gasteiger partial charge in [-0.2, -0.15) is 0 Å². The summed E-state index contributed by atoms with van der Waals surface area (Å²) in [5.74, 6) is 0.582. The predicted molar refractivity (Wildman–Crippen MR) is 98.9 cm³/mol. The maximum absolute atomic E-state index is 12.6. The minimum Gasteiger partial charge on any atom is -0.325 e. The van der Waals surface area contributed by atoms with Gasteiger partial charge >= 0.3 is 6.03 Å². The lowest BCUT2D eigenvalue weighted by atomic mass is 10.2. The van der Waals surface area contributed by atoms with Crippen LogP contribution in [-0.2, 0) is 4.79 Å². The van der Waals surface area contributed by atoms with Crippen LogP contribution in [0, 0.1) is 0 Å². The molecule has 0 unspecified atom stereocenters. The summed E-state index contributed by atoms with van der Waals surface area (Å²) in [5.41, 5.74) is 1.53. The third kappa shape index (κ3) is 3.96. The third-order valence-electron chi connectivity index (χ3n) is 4.14. The van der Waals surface area contributed by atoms with Gasteiger partial charge in [-0.1, -0.05) is 31.5 Å². The lowest BCUT2D eigenvalue weighted by Gasteiger charge is -2.18. The van der Waals surface area contributed by atoms with E-state index in [1.54, 1.807) is 28.1 Å². The Labute approximate surface area is 147 Å². The molecule has 1 aromatic carbocycles. The van der Waals surface area contributed by atoms with Crippen LogP contribution in [0.1, 0.15) is 26.2 Å². The highest BCUT2D eigenvalue weighted by Crippen LogP contribution is 2.24. The second-order valence-electron chi connectivity index (χ2n) is 5.98. The van der Waals surface area contributed by atoms with E-state index in [2.05, 4.69) is 17.2 Å². The highest BCUT2D eigenvalue weighted by Gasteiger charge is 2.31. The van der Waals surface area contributed by atoms with Gasteiger partial charge in [0.05, 0.1) is 11.9 Å². The first-order valence-electron chi connectivity index (χ1n) is 8.59. The Morgan fingerprint density at radius 2 is 1.88 bits per heavy atom. The number of hydrogen-bond acceptors (Lipinski definition) is 3. The number of carbonyl (C=O) groups excluding carboxylic acids is 2. The lowest BCUT2D eigenvalue weighted by Crippen LogP contribution is -2.32. The van der Waals surface area contributed by atoms with Crippen molar-refractivity contribution in [3.05, 3.63) is 48.7 Å². The fraction of sp³-hybridized carbons (Fsp3) is 0.316. The van der Waals surface area contributed by atoms with Crippen molar-refractivity contribution in [3.8, 4) is 0 Å². The van der Waals surface area contributed by atoms with Crippen molar-refractivity contribution in [3.63, 3.8) is 0 Å². The molecule has 1 saturated heterocycles. The van der Waals surface area contributed by atoms with Crippen molar-refractivity contribution < 1.29 is 9.59 Å². The fourth-order valence-corrected chi connectivity index (χ4v) is 2.78. The first kappa shape index (κ1) is 17.0. The molecule has 1 aliphatic rings. The second kappa shape index (κ2) is 7.79. The highest BCUT2D eigenvalue weighted by atomic mass is 16.2. The Kier molecular flexibility index (Phi) is 5.28. The lowest BCUT2D eigenvalue weighted by molar-refractivity contribution is -0.116. The number of carbonyl (C=O) groups is 2. The molecule has 0 saturated carbocycles. The number of pyridine rings is 1. The van der Waals surface area contributed by atoms with Gasteiger partial charge in [-0.3, -0.25) is 14.6 Å². The molecule has 2 aromatic rings. The van der Waals surface area contributed by atoms with Gasteiger partial charge in [0.15, 0.2) is 0 Å². The summed E-state index contributed by atoms with van der Waals surface area (Å²) in [6.45, 7) is 3.26. The van der Waals surface area contributed by atoms with Crippen molar-refractivity contribution in [1.82, 2.24) is 4.98 Å². The Balaban J connectivity index is 1.65. The van der Waals surface area contributed by atoms with E-state index in [1.807, 2.05) is 30.3 Å². The van der Waals surface area contributed by atoms with Gasteiger partial charge in [0.2, 0.25) is 5.91 Å². The number of para-hydroxylation sites is 1. The molecular formula is C19H22N4O2. The zero-order chi connectivity index (χ0) is 17.6. The van der Waals surface area contributed by atoms with E-state index in [4.69, 9.17) is 0 Å². The van der Waals surface area contributed by atoms with Crippen LogP contribution in [0.25, 0.3) is 0 Å². The largest absolute Gasteiger partial charge is 0.330 e. The summed E-state index contributed by atoms with van der Waals surface area (Å²) in [6, 6.07) is 13.1. The number of hydrogen-bond donors (Lipinski definition) is 1. The normalized spacial score (nSPS) is 14.0. The first-order valence-corrected chi connectivity index (χ1v) is 8.59. The molecule has 3 amide bonds. The average Bonchev–Trinajstić information content (AvgIpc) is 3.03. The van der Waals surface area contributed by atoms with Crippen LogP contribution < -0.4 is 15.1 Å². The summed E-state index contributed by atoms with van der Waals surface area (Å²) in [4.78, 5) is 32.1. The monoisotopic (exact) mass is 338 g/mol. The number of unbranched alkanes of at least 4 members (excludes halogenated alkanes) is 1. The number of anilines is 3. The van der Waals surface area contributed by atoms with E-state index in [9.17, 15) is 9.59 Å². The number of amides is 3. The van der Waals surface area contributed by atoms with Gasteiger partial charge in [-0.15, -0.1) is 0 Å². The van der Waals surface area contributed by atoms with Crippen LogP contribution >= 0.6 is 0 Å². The molecule has 1 aliphatic heterocycles. The molecule has 130 valence electrons. The van der Waals surface area contributed by atoms with Gasteiger partial charge < -0.3 is 5.32 Å². The fourth-order valence-electron chi connectivity index (χ4n) is 2.78. The molecule has 1 N–H and O–H groups in total. The van der Waals surface area contributed by atoms with Crippen LogP contribution in [-0.4, -0.2) is 30.0 Å². The Hall–Kier alpha value is -2.89. The van der Waals surface area contributed by atoms with Gasteiger partial charge in [0.1, 0.15) is 5.82 Å². The van der Waals surface area contributed by atoms with Gasteiger partial charge in [-0.05, 0) is 30.7 Å². The van der Waals surface area contributed by atoms with Crippen LogP contribution in [0.15, 0.2) is 48.7 Å². The van der Waals surface area contributed by atoms with E-state index in [0.717, 1.165) is 18.5 Å². The van der Waals surface area contributed by atoms with Crippen molar-refractivity contribution in [2.24, 2.45) is 0 Å². The van der Waals surface area contributed by atoms with E-state index < -0.39 is 0 Å². The molecule has 3 rings (SSSR count). The quantitative estimate of drug-likeness (QED) is 0.874. The number of benzene rings is 1. The molecule has 0 bridgehead atoms. The highest BCUT2D eigenvalue weighted by molar-refractivity contribution is 6.05. The molecule has 0 aliphatic carbocycles. The summed E-state index contributed by atoms with van der Waals surface area (Å²) in [6.07, 6.45) is 3.96. The number of nitrogens with one attached hydrogen (secondary N) is 1. The van der Waals surface area contributed by atoms with Crippen LogP contribution in [0.5, 0.6) is 0 Å². The van der Waals surface area contributed by atoms with Crippen molar-refractivity contribution in [2.75, 3.05) is 28.2 Å². The molecule has 6 nitrogen and oxygen atoms in total. The molecule has 2 heterocycles. The number of nitrogens with zero attached hydrogens (tertiary/aromatic N) is 3. The van der Waals surface area contributed by atoms with Crippen molar-refractivity contribution in [1.29, 1.82) is 0 Å². The molecule has 1 fully saturated rings. The summed E-state index contributed by atoms with van der Waals surface area (Å²) in [7, 11) is 0. The van der Waals surface area contributed by atoms with Crippen LogP contribution in [0.3, 0.4) is 0 Å². The van der Waals surface area contributed by atoms with Crippen LogP contribution in [0.2, 0.25) is 0 Å². The minimum atomic E-state index is -0.0848. The third-order valence-corrected chi connectivity index (χ3v) is 4.14. The number of urea groups is 1. The van der Waals surface area contributed by atoms with Gasteiger partial charge in [-0.25, -0.2) is 9.78 Å². The first-order chi connectivity index (χ1) is 12.2. The SMILES string of the molecule is CCCCC(=O)Nc1ccc(N2CCN(c3ccccc3)C2=O)nc1. The Morgan fingerprint density at radius 1 is 1.12 bits per heavy atom. The topological polar surface area (TPSA) is 65.5 Å². The molecular weight excluding hydrogens is 316 g/mol. The number of aromatic nitrogens is 1. The second-order valence-corrected chi connectivity index (χ2v) is 5.98. The van der Waals surface area contributed by atoms with E-state index >= 15 is 0 Å². The van der Waals surface area contributed by atoms with E-state index in [1.165, 1.54) is 0 Å². The average molecular weight is 338 g/mol. The van der Waals surface area contributed by atoms with Crippen molar-refractivity contribution in [2.45, 2.75) is 26.2 Å². The summed E-state index contributed by atoms with van der Waals surface area (Å²) < 4.78 is 0. The molecule has 6 heteroatoms. The maximum Gasteiger partial charge on any atom is 0.330 e. The zero-order valence-corrected chi connectivity index (χ0v) is 14.3. The molecule has 1 aromatic heterocycles. The molecule has 0 spiro atoms. The molecule has 25 heavy (non-hydrogen) atoms. The predicted octanol–water partition coefficient (Wildman–Crippen LogP) is 3.66. The number of rotatable bonds is 6. The van der Waals surface area contributed by atoms with E-state index in [-0.39, 0.29) is 11.9 Å². The Bertz CT molecular complexity index is 731. The molecule has 0 radical (unpaired) electrons. The minimum absolute atomic E-state index is 0.0103. The maximum atomic E-state index is 12.6. The van der Waals surface area contributed by atoms with Gasteiger partial charge in [0, 0.05) is 25.2 Å². The van der Waals surface area contributed by atoms with Crippen molar-refractivity contribution >= 4 is 29.1 Å². The standard InChI is InChI=1S/C19H22N4O2/c1-2-3-9-18(24)21-15-10-11-17(20-14-15)23-13-12-22(19(23)25)16-7-5-4-6-8-16/h4-8,10-11,14H,2-3,9,12-13H2,1H3,(H,21,24). The molecule has 0 atom stereocenters. The zero-order valence-electron chi connectivity index (χ0n) is 14.3. The van der Waals surface area contributed by atoms with Crippen LogP contribution in [0.4, 0.5) is 22.0 Å². The summed E-state index contributed by atoms with van der Waals surface area (Å²) in [5, 5.41) is 2.83. The summed E-state index contributed by atoms with van der Waals surface area (Å²) >= 11 is 0.